The van der Waals surface area contributed by atoms with Crippen molar-refractivity contribution in [2.75, 3.05) is 6.61 Å². The maximum atomic E-state index is 11.7. The zero-order valence-corrected chi connectivity index (χ0v) is 12.5. The Morgan fingerprint density at radius 3 is 2.70 bits per heavy atom. The normalized spacial score (nSPS) is 26.0. The lowest BCUT2D eigenvalue weighted by Crippen LogP contribution is -2.37. The van der Waals surface area contributed by atoms with E-state index in [-0.39, 0.29) is 11.4 Å². The van der Waals surface area contributed by atoms with Crippen molar-refractivity contribution in [1.29, 1.82) is 0 Å². The van der Waals surface area contributed by atoms with E-state index in [1.807, 2.05) is 6.07 Å². The van der Waals surface area contributed by atoms with Crippen LogP contribution in [0.2, 0.25) is 0 Å². The molecule has 0 aliphatic heterocycles. The first kappa shape index (κ1) is 14.8. The van der Waals surface area contributed by atoms with Crippen molar-refractivity contribution in [3.8, 4) is 0 Å². The maximum absolute atomic E-state index is 11.7. The molecule has 2 rings (SSSR count). The van der Waals surface area contributed by atoms with E-state index in [0.29, 0.717) is 18.1 Å². The van der Waals surface area contributed by atoms with E-state index in [9.17, 15) is 4.79 Å². The molecule has 1 aliphatic rings. The predicted octanol–water partition coefficient (Wildman–Crippen LogP) is 4.25. The molecule has 0 spiro atoms. The van der Waals surface area contributed by atoms with Gasteiger partial charge in [-0.1, -0.05) is 56.7 Å². The lowest BCUT2D eigenvalue weighted by molar-refractivity contribution is -0.141. The van der Waals surface area contributed by atoms with E-state index in [1.165, 1.54) is 18.4 Å². The number of hydrogen-bond donors (Lipinski definition) is 0. The summed E-state index contributed by atoms with van der Waals surface area (Å²) >= 11 is 0. The third kappa shape index (κ3) is 3.30. The van der Waals surface area contributed by atoms with E-state index in [0.717, 1.165) is 12.8 Å². The van der Waals surface area contributed by atoms with Crippen molar-refractivity contribution in [2.24, 2.45) is 5.92 Å². The molecule has 0 bridgehead atoms. The molecule has 0 radical (unpaired) electrons. The van der Waals surface area contributed by atoms with E-state index >= 15 is 0 Å². The molecule has 1 aromatic rings. The van der Waals surface area contributed by atoms with Gasteiger partial charge >= 0.3 is 5.97 Å². The second-order valence-corrected chi connectivity index (χ2v) is 6.20. The molecule has 1 saturated carbocycles. The van der Waals surface area contributed by atoms with Gasteiger partial charge in [-0.05, 0) is 31.2 Å². The Morgan fingerprint density at radius 1 is 1.40 bits per heavy atom. The molecule has 0 aromatic heterocycles. The Hall–Kier alpha value is -1.57. The first-order valence-corrected chi connectivity index (χ1v) is 7.42. The number of ether oxygens (including phenoxy) is 1. The quantitative estimate of drug-likeness (QED) is 0.605. The summed E-state index contributed by atoms with van der Waals surface area (Å²) in [5.41, 5.74) is 1.74. The van der Waals surface area contributed by atoms with E-state index < -0.39 is 0 Å². The van der Waals surface area contributed by atoms with Crippen LogP contribution in [0.1, 0.15) is 45.1 Å². The highest BCUT2D eigenvalue weighted by Gasteiger charge is 2.37. The Morgan fingerprint density at radius 2 is 2.10 bits per heavy atom. The average molecular weight is 272 g/mol. The molecule has 0 heterocycles. The first-order valence-electron chi connectivity index (χ1n) is 7.42. The zero-order valence-electron chi connectivity index (χ0n) is 12.5. The van der Waals surface area contributed by atoms with Gasteiger partial charge in [-0.15, -0.1) is 0 Å². The highest BCUT2D eigenvalue weighted by Crippen LogP contribution is 2.42. The number of esters is 1. The molecule has 0 amide bonds. The monoisotopic (exact) mass is 272 g/mol. The van der Waals surface area contributed by atoms with Crippen LogP contribution in [0.15, 0.2) is 42.5 Å². The van der Waals surface area contributed by atoms with E-state index in [2.05, 4.69) is 37.8 Å². The minimum Gasteiger partial charge on any atom is -0.461 e. The van der Waals surface area contributed by atoms with Gasteiger partial charge in [0, 0.05) is 11.0 Å². The molecule has 20 heavy (non-hydrogen) atoms. The van der Waals surface area contributed by atoms with Gasteiger partial charge in [-0.2, -0.15) is 0 Å². The van der Waals surface area contributed by atoms with Crippen molar-refractivity contribution in [2.45, 2.75) is 44.9 Å². The minimum atomic E-state index is -0.279. The number of carbonyl (C=O) groups excluding carboxylic acids is 1. The number of rotatable bonds is 4. The Kier molecular flexibility index (Phi) is 4.64. The van der Waals surface area contributed by atoms with E-state index in [1.54, 1.807) is 6.92 Å². The molecule has 2 heteroatoms. The predicted molar refractivity (Wildman–Crippen MR) is 81.5 cm³/mol. The molecule has 0 N–H and O–H groups in total. The Labute approximate surface area is 121 Å². The highest BCUT2D eigenvalue weighted by atomic mass is 16.5. The van der Waals surface area contributed by atoms with Crippen LogP contribution in [0.4, 0.5) is 0 Å². The summed E-state index contributed by atoms with van der Waals surface area (Å²) in [7, 11) is 0. The minimum absolute atomic E-state index is 0.0238. The van der Waals surface area contributed by atoms with Crippen LogP contribution in [-0.2, 0) is 14.9 Å². The van der Waals surface area contributed by atoms with Crippen molar-refractivity contribution in [3.63, 3.8) is 0 Å². The van der Waals surface area contributed by atoms with Crippen LogP contribution in [0.3, 0.4) is 0 Å². The zero-order chi connectivity index (χ0) is 14.6. The smallest absolute Gasteiger partial charge is 0.333 e. The lowest BCUT2D eigenvalue weighted by Gasteiger charge is -2.40. The Balaban J connectivity index is 2.21. The highest BCUT2D eigenvalue weighted by molar-refractivity contribution is 5.86. The fraction of sp³-hybridized carbons (Fsp3) is 0.500. The van der Waals surface area contributed by atoms with Gasteiger partial charge in [0.05, 0.1) is 0 Å². The maximum Gasteiger partial charge on any atom is 0.333 e. The molecule has 2 atom stereocenters. The second-order valence-electron chi connectivity index (χ2n) is 6.20. The van der Waals surface area contributed by atoms with Crippen LogP contribution in [-0.4, -0.2) is 12.6 Å². The first-order chi connectivity index (χ1) is 9.53. The summed E-state index contributed by atoms with van der Waals surface area (Å²) in [6.07, 6.45) is 4.63. The molecule has 108 valence electrons. The van der Waals surface area contributed by atoms with Gasteiger partial charge in [0.2, 0.25) is 0 Å². The molecular weight excluding hydrogens is 248 g/mol. The van der Waals surface area contributed by atoms with Gasteiger partial charge in [0.1, 0.15) is 6.61 Å². The largest absolute Gasteiger partial charge is 0.461 e. The van der Waals surface area contributed by atoms with Crippen LogP contribution in [0.5, 0.6) is 0 Å². The van der Waals surface area contributed by atoms with E-state index in [4.69, 9.17) is 4.74 Å². The van der Waals surface area contributed by atoms with Crippen molar-refractivity contribution in [1.82, 2.24) is 0 Å². The number of carbonyl (C=O) groups is 1. The second kappa shape index (κ2) is 6.25. The third-order valence-corrected chi connectivity index (χ3v) is 4.31. The van der Waals surface area contributed by atoms with Crippen molar-refractivity contribution in [3.05, 3.63) is 48.0 Å². The molecule has 1 aliphatic carbocycles. The van der Waals surface area contributed by atoms with Gasteiger partial charge in [-0.25, -0.2) is 4.79 Å². The standard InChI is InChI=1S/C18H24O2/c1-14(2)17(19)20-13-18(11-7-8-15(3)12-18)16-9-5-4-6-10-16/h4-6,9-10,15H,1,7-8,11-13H2,2-3H3. The summed E-state index contributed by atoms with van der Waals surface area (Å²) in [6.45, 7) is 8.10. The Bertz CT molecular complexity index is 477. The van der Waals surface area contributed by atoms with Gasteiger partial charge in [-0.3, -0.25) is 0 Å². The summed E-state index contributed by atoms with van der Waals surface area (Å²) in [6, 6.07) is 10.5. The summed E-state index contributed by atoms with van der Waals surface area (Å²) in [5.74, 6) is 0.394. The molecule has 1 fully saturated rings. The van der Waals surface area contributed by atoms with Crippen LogP contribution >= 0.6 is 0 Å². The van der Waals surface area contributed by atoms with Gasteiger partial charge in [0.15, 0.2) is 0 Å². The molecule has 1 aromatic carbocycles. The fourth-order valence-electron chi connectivity index (χ4n) is 3.26. The lowest BCUT2D eigenvalue weighted by atomic mass is 9.66. The number of benzene rings is 1. The van der Waals surface area contributed by atoms with Crippen molar-refractivity contribution >= 4 is 5.97 Å². The van der Waals surface area contributed by atoms with Gasteiger partial charge < -0.3 is 4.74 Å². The summed E-state index contributed by atoms with van der Waals surface area (Å²) in [4.78, 5) is 11.7. The van der Waals surface area contributed by atoms with Crippen molar-refractivity contribution < 1.29 is 9.53 Å². The topological polar surface area (TPSA) is 26.3 Å². The van der Waals surface area contributed by atoms with Crippen LogP contribution in [0, 0.1) is 5.92 Å². The van der Waals surface area contributed by atoms with Crippen LogP contribution < -0.4 is 0 Å². The fourth-order valence-corrected chi connectivity index (χ4v) is 3.26. The van der Waals surface area contributed by atoms with Gasteiger partial charge in [0.25, 0.3) is 0 Å². The molecule has 2 nitrogen and oxygen atoms in total. The summed E-state index contributed by atoms with van der Waals surface area (Å²) < 4.78 is 5.51. The third-order valence-electron chi connectivity index (χ3n) is 4.31. The SMILES string of the molecule is C=C(C)C(=O)OCC1(c2ccccc2)CCCC(C)C1. The molecular formula is C18H24O2. The number of hydrogen-bond acceptors (Lipinski definition) is 2. The molecule has 0 saturated heterocycles. The molecule has 2 unspecified atom stereocenters. The average Bonchev–Trinajstić information content (AvgIpc) is 2.45. The summed E-state index contributed by atoms with van der Waals surface area (Å²) in [5, 5.41) is 0. The van der Waals surface area contributed by atoms with Crippen LogP contribution in [0.25, 0.3) is 0 Å².